The van der Waals surface area contributed by atoms with Crippen LogP contribution in [-0.4, -0.2) is 25.7 Å². The van der Waals surface area contributed by atoms with E-state index in [0.29, 0.717) is 11.7 Å². The number of nitrogens with zero attached hydrogens (tertiary/aromatic N) is 2. The molecule has 0 amide bonds. The fraction of sp³-hybridized carbons (Fsp3) is 0.130. The first-order valence-corrected chi connectivity index (χ1v) is 9.54. The number of ether oxygens (including phenoxy) is 2. The molecule has 0 fully saturated rings. The van der Waals surface area contributed by atoms with Gasteiger partial charge in [0.2, 0.25) is 0 Å². The molecule has 0 aliphatic rings. The first-order valence-electron chi connectivity index (χ1n) is 9.13. The maximum atomic E-state index is 5.54. The van der Waals surface area contributed by atoms with Gasteiger partial charge in [0.1, 0.15) is 11.5 Å². The Labute approximate surface area is 176 Å². The number of benzene rings is 3. The van der Waals surface area contributed by atoms with Gasteiger partial charge in [0.05, 0.1) is 32.8 Å². The molecule has 0 aliphatic carbocycles. The number of hydrogen-bond acceptors (Lipinski definition) is 3. The van der Waals surface area contributed by atoms with Crippen LogP contribution in [0.4, 0.5) is 11.4 Å². The molecule has 0 aromatic heterocycles. The molecule has 0 heterocycles. The summed E-state index contributed by atoms with van der Waals surface area (Å²) in [5.74, 6) is 1.56. The van der Waals surface area contributed by atoms with E-state index in [2.05, 4.69) is 10.3 Å². The van der Waals surface area contributed by atoms with Crippen LogP contribution in [0, 0.1) is 0 Å². The molecular weight excluding hydrogens is 382 g/mol. The van der Waals surface area contributed by atoms with Crippen LogP contribution in [0.2, 0.25) is 0 Å². The smallest absolute Gasteiger partial charge is 0.198 e. The minimum atomic E-state index is 0.371. The molecule has 3 aromatic rings. The van der Waals surface area contributed by atoms with Crippen molar-refractivity contribution in [1.82, 2.24) is 0 Å². The van der Waals surface area contributed by atoms with Crippen LogP contribution in [0.15, 0.2) is 83.9 Å². The third-order valence-electron chi connectivity index (χ3n) is 4.27. The molecule has 0 aliphatic heterocycles. The van der Waals surface area contributed by atoms with Gasteiger partial charge in [-0.1, -0.05) is 48.5 Å². The largest absolute Gasteiger partial charge is 0.496 e. The quantitative estimate of drug-likeness (QED) is 0.335. The molecule has 148 valence electrons. The van der Waals surface area contributed by atoms with Crippen molar-refractivity contribution in [3.63, 3.8) is 0 Å². The van der Waals surface area contributed by atoms with Gasteiger partial charge < -0.3 is 19.7 Å². The van der Waals surface area contributed by atoms with Crippen molar-refractivity contribution >= 4 is 35.0 Å². The van der Waals surface area contributed by atoms with Crippen LogP contribution in [-0.2, 0) is 6.54 Å². The van der Waals surface area contributed by atoms with Gasteiger partial charge in [0, 0.05) is 11.3 Å². The van der Waals surface area contributed by atoms with E-state index in [1.54, 1.807) is 20.6 Å². The third-order valence-corrected chi connectivity index (χ3v) is 4.47. The van der Waals surface area contributed by atoms with Gasteiger partial charge in [-0.25, -0.2) is 4.99 Å². The Bertz CT molecular complexity index is 977. The van der Waals surface area contributed by atoms with Crippen molar-refractivity contribution in [3.05, 3.63) is 84.4 Å². The van der Waals surface area contributed by atoms with E-state index in [0.717, 1.165) is 28.4 Å². The molecule has 0 bridgehead atoms. The summed E-state index contributed by atoms with van der Waals surface area (Å²) in [7, 11) is 3.32. The van der Waals surface area contributed by atoms with Crippen molar-refractivity contribution in [2.24, 2.45) is 4.99 Å². The minimum Gasteiger partial charge on any atom is -0.496 e. The zero-order valence-corrected chi connectivity index (χ0v) is 17.2. The molecule has 3 rings (SSSR count). The highest BCUT2D eigenvalue weighted by Gasteiger charge is 2.13. The first kappa shape index (κ1) is 20.4. The number of thiocarbonyl (C=S) groups is 1. The molecule has 0 radical (unpaired) electrons. The molecule has 3 aromatic carbocycles. The van der Waals surface area contributed by atoms with Crippen LogP contribution in [0.5, 0.6) is 11.5 Å². The summed E-state index contributed by atoms with van der Waals surface area (Å²) in [5, 5.41) is 3.49. The SMILES string of the molecule is COc1ccccc1CN(C=NC(=S)Nc1ccccc1)c1ccccc1OC. The van der Waals surface area contributed by atoms with Gasteiger partial charge in [-0.2, -0.15) is 0 Å². The summed E-state index contributed by atoms with van der Waals surface area (Å²) >= 11 is 5.39. The second-order valence-corrected chi connectivity index (χ2v) is 6.54. The van der Waals surface area contributed by atoms with Crippen molar-refractivity contribution in [1.29, 1.82) is 0 Å². The van der Waals surface area contributed by atoms with Gasteiger partial charge in [0.25, 0.3) is 0 Å². The molecule has 0 saturated heterocycles. The fourth-order valence-corrected chi connectivity index (χ4v) is 3.04. The maximum absolute atomic E-state index is 5.54. The molecule has 29 heavy (non-hydrogen) atoms. The lowest BCUT2D eigenvalue weighted by atomic mass is 10.1. The van der Waals surface area contributed by atoms with Crippen LogP contribution in [0.3, 0.4) is 0 Å². The van der Waals surface area contributed by atoms with Crippen molar-refractivity contribution in [2.75, 3.05) is 24.4 Å². The number of hydrogen-bond donors (Lipinski definition) is 1. The maximum Gasteiger partial charge on any atom is 0.198 e. The van der Waals surface area contributed by atoms with Crippen molar-refractivity contribution < 1.29 is 9.47 Å². The van der Waals surface area contributed by atoms with Gasteiger partial charge in [0.15, 0.2) is 5.11 Å². The molecule has 0 saturated carbocycles. The second-order valence-electron chi connectivity index (χ2n) is 6.15. The minimum absolute atomic E-state index is 0.371. The zero-order chi connectivity index (χ0) is 20.5. The summed E-state index contributed by atoms with van der Waals surface area (Å²) in [6.45, 7) is 0.543. The predicted molar refractivity (Wildman–Crippen MR) is 123 cm³/mol. The van der Waals surface area contributed by atoms with Crippen LogP contribution >= 0.6 is 12.2 Å². The summed E-state index contributed by atoms with van der Waals surface area (Å²) < 4.78 is 11.0. The van der Waals surface area contributed by atoms with Gasteiger partial charge in [-0.05, 0) is 42.5 Å². The second kappa shape index (κ2) is 10.2. The normalized spacial score (nSPS) is 10.6. The lowest BCUT2D eigenvalue weighted by molar-refractivity contribution is 0.408. The van der Waals surface area contributed by atoms with Gasteiger partial charge in [-0.3, -0.25) is 0 Å². The number of methoxy groups -OCH3 is 2. The van der Waals surface area contributed by atoms with Crippen LogP contribution in [0.25, 0.3) is 0 Å². The average molecular weight is 406 g/mol. The standard InChI is InChI=1S/C23H23N3O2S/c1-27-21-14-8-6-10-18(21)16-26(20-13-7-9-15-22(20)28-2)17-24-23(29)25-19-11-4-3-5-12-19/h3-15,17H,16H2,1-2H3,(H,25,29). The summed E-state index contributed by atoms with van der Waals surface area (Å²) in [6, 6.07) is 25.4. The molecule has 1 N–H and O–H groups in total. The zero-order valence-electron chi connectivity index (χ0n) is 16.4. The Morgan fingerprint density at radius 2 is 1.52 bits per heavy atom. The van der Waals surface area contributed by atoms with E-state index in [9.17, 15) is 0 Å². The van der Waals surface area contributed by atoms with Gasteiger partial charge in [-0.15, -0.1) is 0 Å². The van der Waals surface area contributed by atoms with Crippen molar-refractivity contribution in [2.45, 2.75) is 6.54 Å². The predicted octanol–water partition coefficient (Wildman–Crippen LogP) is 5.14. The lowest BCUT2D eigenvalue weighted by Crippen LogP contribution is -2.23. The Balaban J connectivity index is 1.87. The highest BCUT2D eigenvalue weighted by Crippen LogP contribution is 2.29. The Hall–Kier alpha value is -3.38. The summed E-state index contributed by atoms with van der Waals surface area (Å²) in [4.78, 5) is 6.43. The van der Waals surface area contributed by atoms with Crippen LogP contribution < -0.4 is 19.7 Å². The topological polar surface area (TPSA) is 46.1 Å². The van der Waals surface area contributed by atoms with E-state index in [1.165, 1.54) is 0 Å². The average Bonchev–Trinajstić information content (AvgIpc) is 2.77. The Morgan fingerprint density at radius 1 is 0.897 bits per heavy atom. The molecule has 0 unspecified atom stereocenters. The number of para-hydroxylation sites is 4. The van der Waals surface area contributed by atoms with E-state index < -0.39 is 0 Å². The highest BCUT2D eigenvalue weighted by molar-refractivity contribution is 7.80. The monoisotopic (exact) mass is 405 g/mol. The number of aliphatic imine (C=N–C) groups is 1. The van der Waals surface area contributed by atoms with E-state index in [-0.39, 0.29) is 0 Å². The number of nitrogens with one attached hydrogen (secondary N) is 1. The highest BCUT2D eigenvalue weighted by atomic mass is 32.1. The van der Waals surface area contributed by atoms with E-state index in [4.69, 9.17) is 21.7 Å². The number of rotatable bonds is 7. The van der Waals surface area contributed by atoms with Gasteiger partial charge >= 0.3 is 0 Å². The molecule has 5 nitrogen and oxygen atoms in total. The number of anilines is 2. The molecule has 0 atom stereocenters. The lowest BCUT2D eigenvalue weighted by Gasteiger charge is -2.23. The summed E-state index contributed by atoms with van der Waals surface area (Å²) in [5.41, 5.74) is 2.80. The van der Waals surface area contributed by atoms with Crippen LogP contribution in [0.1, 0.15) is 5.56 Å². The third kappa shape index (κ3) is 5.56. The van der Waals surface area contributed by atoms with Crippen molar-refractivity contribution in [3.8, 4) is 11.5 Å². The fourth-order valence-electron chi connectivity index (χ4n) is 2.87. The summed E-state index contributed by atoms with van der Waals surface area (Å²) in [6.07, 6.45) is 1.71. The first-order chi connectivity index (χ1) is 14.2. The van der Waals surface area contributed by atoms with E-state index in [1.807, 2.05) is 83.8 Å². The molecule has 6 heteroatoms. The molecule has 0 spiro atoms. The molecular formula is C23H23N3O2S. The van der Waals surface area contributed by atoms with E-state index >= 15 is 0 Å². The Morgan fingerprint density at radius 3 is 2.24 bits per heavy atom. The Kier molecular flexibility index (Phi) is 7.19.